The number of fused-ring (bicyclic) bond motifs is 1. The van der Waals surface area contributed by atoms with Gasteiger partial charge in [0.05, 0.1) is 10.5 Å². The minimum atomic E-state index is -0.282. The van der Waals surface area contributed by atoms with Crippen molar-refractivity contribution in [3.8, 4) is 11.1 Å². The van der Waals surface area contributed by atoms with Crippen LogP contribution < -0.4 is 0 Å². The highest BCUT2D eigenvalue weighted by atomic mass is 79.9. The van der Waals surface area contributed by atoms with Crippen LogP contribution in [0.1, 0.15) is 17.5 Å². The van der Waals surface area contributed by atoms with E-state index in [0.717, 1.165) is 40.4 Å². The molecule has 96 valence electrons. The number of hydrogen-bond acceptors (Lipinski definition) is 2. The van der Waals surface area contributed by atoms with Gasteiger partial charge in [-0.25, -0.2) is 0 Å². The molecule has 0 fully saturated rings. The standard InChI is InChI=1S/C15H12BrNO2/c16-12-7-4-11(5-8-12)15-13-3-1-2-10(13)6-9-14(15)17(18)19/h4-9H,1-3H2. The average Bonchev–Trinajstić information content (AvgIpc) is 2.86. The molecule has 19 heavy (non-hydrogen) atoms. The lowest BCUT2D eigenvalue weighted by Gasteiger charge is -2.09. The van der Waals surface area contributed by atoms with E-state index < -0.39 is 0 Å². The second-order valence-electron chi connectivity index (χ2n) is 4.71. The van der Waals surface area contributed by atoms with E-state index >= 15 is 0 Å². The van der Waals surface area contributed by atoms with Gasteiger partial charge in [0.1, 0.15) is 0 Å². The maximum absolute atomic E-state index is 11.3. The summed E-state index contributed by atoms with van der Waals surface area (Å²) < 4.78 is 0.978. The van der Waals surface area contributed by atoms with Crippen molar-refractivity contribution in [2.75, 3.05) is 0 Å². The highest BCUT2D eigenvalue weighted by Gasteiger charge is 2.24. The fourth-order valence-corrected chi connectivity index (χ4v) is 3.01. The van der Waals surface area contributed by atoms with Crippen molar-refractivity contribution in [2.24, 2.45) is 0 Å². The molecular formula is C15H12BrNO2. The summed E-state index contributed by atoms with van der Waals surface area (Å²) in [5.41, 5.74) is 4.34. The molecule has 2 aromatic carbocycles. The van der Waals surface area contributed by atoms with E-state index in [1.165, 1.54) is 5.56 Å². The molecule has 0 unspecified atom stereocenters. The number of nitrogens with zero attached hydrogens (tertiary/aromatic N) is 1. The number of nitro benzene ring substituents is 1. The Morgan fingerprint density at radius 3 is 2.47 bits per heavy atom. The van der Waals surface area contributed by atoms with Crippen molar-refractivity contribution in [1.29, 1.82) is 0 Å². The first-order valence-electron chi connectivity index (χ1n) is 6.22. The Hall–Kier alpha value is -1.68. The summed E-state index contributed by atoms with van der Waals surface area (Å²) in [6.07, 6.45) is 3.04. The van der Waals surface area contributed by atoms with Crippen LogP contribution in [0.15, 0.2) is 40.9 Å². The van der Waals surface area contributed by atoms with Crippen LogP contribution in [0.4, 0.5) is 5.69 Å². The van der Waals surface area contributed by atoms with Crippen LogP contribution >= 0.6 is 15.9 Å². The fourth-order valence-electron chi connectivity index (χ4n) is 2.74. The molecule has 3 rings (SSSR count). The second kappa shape index (κ2) is 4.78. The SMILES string of the molecule is O=[N+]([O-])c1ccc2c(c1-c1ccc(Br)cc1)CCC2. The van der Waals surface area contributed by atoms with Crippen LogP contribution in [0.3, 0.4) is 0 Å². The molecule has 0 aromatic heterocycles. The van der Waals surface area contributed by atoms with Crippen LogP contribution in [-0.4, -0.2) is 4.92 Å². The third kappa shape index (κ3) is 2.16. The van der Waals surface area contributed by atoms with Gasteiger partial charge >= 0.3 is 0 Å². The predicted octanol–water partition coefficient (Wildman–Crippen LogP) is 4.51. The average molecular weight is 318 g/mol. The Bertz CT molecular complexity index is 650. The zero-order chi connectivity index (χ0) is 13.4. The second-order valence-corrected chi connectivity index (χ2v) is 5.63. The molecule has 0 saturated carbocycles. The zero-order valence-corrected chi connectivity index (χ0v) is 11.8. The summed E-state index contributed by atoms with van der Waals surface area (Å²) in [5.74, 6) is 0. The largest absolute Gasteiger partial charge is 0.277 e. The van der Waals surface area contributed by atoms with Gasteiger partial charge in [0, 0.05) is 10.5 Å². The van der Waals surface area contributed by atoms with Crippen LogP contribution in [-0.2, 0) is 12.8 Å². The van der Waals surface area contributed by atoms with E-state index in [-0.39, 0.29) is 10.6 Å². The minimum Gasteiger partial charge on any atom is -0.258 e. The summed E-state index contributed by atoms with van der Waals surface area (Å²) in [6.45, 7) is 0. The Kier molecular flexibility index (Phi) is 3.11. The number of aryl methyl sites for hydroxylation is 1. The molecule has 0 N–H and O–H groups in total. The number of hydrogen-bond donors (Lipinski definition) is 0. The van der Waals surface area contributed by atoms with Gasteiger partial charge in [-0.2, -0.15) is 0 Å². The van der Waals surface area contributed by atoms with Gasteiger partial charge in [-0.1, -0.05) is 34.1 Å². The van der Waals surface area contributed by atoms with Crippen LogP contribution in [0, 0.1) is 10.1 Å². The van der Waals surface area contributed by atoms with E-state index in [2.05, 4.69) is 15.9 Å². The first kappa shape index (κ1) is 12.4. The molecule has 0 saturated heterocycles. The van der Waals surface area contributed by atoms with Gasteiger partial charge < -0.3 is 0 Å². The van der Waals surface area contributed by atoms with Gasteiger partial charge in [-0.3, -0.25) is 10.1 Å². The predicted molar refractivity (Wildman–Crippen MR) is 78.3 cm³/mol. The highest BCUT2D eigenvalue weighted by molar-refractivity contribution is 9.10. The monoisotopic (exact) mass is 317 g/mol. The zero-order valence-electron chi connectivity index (χ0n) is 10.2. The molecule has 0 spiro atoms. The Labute approximate surface area is 119 Å². The smallest absolute Gasteiger partial charge is 0.258 e. The van der Waals surface area contributed by atoms with E-state index in [9.17, 15) is 10.1 Å². The van der Waals surface area contributed by atoms with Gasteiger partial charge in [0.25, 0.3) is 5.69 Å². The van der Waals surface area contributed by atoms with Gasteiger partial charge in [0.2, 0.25) is 0 Å². The molecule has 0 radical (unpaired) electrons. The van der Waals surface area contributed by atoms with Crippen LogP contribution in [0.2, 0.25) is 0 Å². The van der Waals surface area contributed by atoms with Crippen LogP contribution in [0.25, 0.3) is 11.1 Å². The summed E-state index contributed by atoms with van der Waals surface area (Å²) in [5, 5.41) is 11.3. The number of rotatable bonds is 2. The van der Waals surface area contributed by atoms with Crippen molar-refractivity contribution in [1.82, 2.24) is 0 Å². The first-order valence-corrected chi connectivity index (χ1v) is 7.01. The molecule has 4 heteroatoms. The molecule has 0 aliphatic heterocycles. The van der Waals surface area contributed by atoms with E-state index in [1.807, 2.05) is 30.3 Å². The van der Waals surface area contributed by atoms with Crippen molar-refractivity contribution >= 4 is 21.6 Å². The summed E-state index contributed by atoms with van der Waals surface area (Å²) in [6, 6.07) is 11.3. The van der Waals surface area contributed by atoms with Crippen molar-refractivity contribution in [3.63, 3.8) is 0 Å². The minimum absolute atomic E-state index is 0.211. The molecule has 1 aliphatic carbocycles. The number of halogens is 1. The Balaban J connectivity index is 2.25. The molecular weight excluding hydrogens is 306 g/mol. The molecule has 2 aromatic rings. The van der Waals surface area contributed by atoms with Crippen LogP contribution in [0.5, 0.6) is 0 Å². The molecule has 0 amide bonds. The maximum Gasteiger partial charge on any atom is 0.277 e. The topological polar surface area (TPSA) is 43.1 Å². The lowest BCUT2D eigenvalue weighted by atomic mass is 9.95. The van der Waals surface area contributed by atoms with Crippen molar-refractivity contribution in [3.05, 3.63) is 62.1 Å². The van der Waals surface area contributed by atoms with E-state index in [0.29, 0.717) is 0 Å². The summed E-state index contributed by atoms with van der Waals surface area (Å²) in [7, 11) is 0. The fraction of sp³-hybridized carbons (Fsp3) is 0.200. The summed E-state index contributed by atoms with van der Waals surface area (Å²) in [4.78, 5) is 11.0. The lowest BCUT2D eigenvalue weighted by Crippen LogP contribution is -1.97. The molecule has 0 heterocycles. The third-order valence-corrected chi connectivity index (χ3v) is 4.12. The Morgan fingerprint density at radius 2 is 1.79 bits per heavy atom. The number of benzene rings is 2. The molecule has 0 atom stereocenters. The first-order chi connectivity index (χ1) is 9.16. The normalized spacial score (nSPS) is 13.3. The van der Waals surface area contributed by atoms with E-state index in [1.54, 1.807) is 6.07 Å². The summed E-state index contributed by atoms with van der Waals surface area (Å²) >= 11 is 3.39. The highest BCUT2D eigenvalue weighted by Crippen LogP contribution is 2.39. The molecule has 0 bridgehead atoms. The molecule has 1 aliphatic rings. The van der Waals surface area contributed by atoms with Crippen molar-refractivity contribution < 1.29 is 4.92 Å². The quantitative estimate of drug-likeness (QED) is 0.604. The van der Waals surface area contributed by atoms with Gasteiger partial charge in [-0.15, -0.1) is 0 Å². The van der Waals surface area contributed by atoms with Gasteiger partial charge in [-0.05, 0) is 48.1 Å². The number of nitro groups is 1. The van der Waals surface area contributed by atoms with E-state index in [4.69, 9.17) is 0 Å². The lowest BCUT2D eigenvalue weighted by molar-refractivity contribution is -0.384. The molecule has 3 nitrogen and oxygen atoms in total. The third-order valence-electron chi connectivity index (χ3n) is 3.59. The maximum atomic E-state index is 11.3. The Morgan fingerprint density at radius 1 is 1.05 bits per heavy atom. The van der Waals surface area contributed by atoms with Crippen molar-refractivity contribution in [2.45, 2.75) is 19.3 Å². The van der Waals surface area contributed by atoms with Gasteiger partial charge in [0.15, 0.2) is 0 Å².